The fraction of sp³-hybridized carbons (Fsp3) is 0.500. The molecule has 0 aliphatic heterocycles. The quantitative estimate of drug-likeness (QED) is 0.626. The molecule has 0 radical (unpaired) electrons. The molecule has 0 amide bonds. The van der Waals surface area contributed by atoms with Gasteiger partial charge in [-0.1, -0.05) is 11.6 Å². The molecule has 0 heterocycles. The average Bonchev–Trinajstić information content (AvgIpc) is 2.38. The number of nitrogens with zero attached hydrogens (tertiary/aromatic N) is 1. The molecule has 0 unspecified atom stereocenters. The Balaban J connectivity index is 2.89. The molecule has 1 rings (SSSR count). The lowest BCUT2D eigenvalue weighted by Crippen LogP contribution is -2.36. The molecule has 3 N–H and O–H groups in total. The second kappa shape index (κ2) is 7.85. The zero-order chi connectivity index (χ0) is 15.1. The van der Waals surface area contributed by atoms with Crippen LogP contribution in [0.15, 0.2) is 17.1 Å². The van der Waals surface area contributed by atoms with E-state index in [2.05, 4.69) is 10.3 Å². The molecular weight excluding hydrogens is 278 g/mol. The van der Waals surface area contributed by atoms with Crippen LogP contribution in [0.3, 0.4) is 0 Å². The van der Waals surface area contributed by atoms with E-state index in [4.69, 9.17) is 26.8 Å². The maximum atomic E-state index is 6.19. The number of guanidine groups is 1. The lowest BCUT2D eigenvalue weighted by molar-refractivity contribution is 0.311. The molecule has 0 aliphatic carbocycles. The third kappa shape index (κ3) is 4.81. The zero-order valence-electron chi connectivity index (χ0n) is 12.4. The Labute approximate surface area is 125 Å². The molecule has 5 nitrogen and oxygen atoms in total. The molecule has 20 heavy (non-hydrogen) atoms. The highest BCUT2D eigenvalue weighted by molar-refractivity contribution is 6.32. The number of hydrogen-bond donors (Lipinski definition) is 2. The number of halogens is 1. The maximum absolute atomic E-state index is 6.19. The van der Waals surface area contributed by atoms with Crippen molar-refractivity contribution in [3.05, 3.63) is 22.7 Å². The summed E-state index contributed by atoms with van der Waals surface area (Å²) in [5.41, 5.74) is 6.66. The Morgan fingerprint density at radius 1 is 1.45 bits per heavy atom. The van der Waals surface area contributed by atoms with Crippen LogP contribution < -0.4 is 20.5 Å². The first-order valence-corrected chi connectivity index (χ1v) is 6.91. The molecule has 0 aromatic heterocycles. The van der Waals surface area contributed by atoms with Gasteiger partial charge in [-0.3, -0.25) is 0 Å². The Hall–Kier alpha value is -1.62. The van der Waals surface area contributed by atoms with Crippen LogP contribution in [-0.2, 0) is 6.54 Å². The van der Waals surface area contributed by atoms with Crippen LogP contribution in [0.1, 0.15) is 26.3 Å². The van der Waals surface area contributed by atoms with Gasteiger partial charge in [0.25, 0.3) is 0 Å². The van der Waals surface area contributed by atoms with Gasteiger partial charge in [0.15, 0.2) is 17.5 Å². The number of methoxy groups -OCH3 is 1. The van der Waals surface area contributed by atoms with Crippen molar-refractivity contribution in [3.8, 4) is 11.5 Å². The van der Waals surface area contributed by atoms with E-state index >= 15 is 0 Å². The molecule has 0 atom stereocenters. The molecule has 112 valence electrons. The van der Waals surface area contributed by atoms with E-state index < -0.39 is 0 Å². The first-order chi connectivity index (χ1) is 9.47. The SMILES string of the molecule is CCOc1c(Cl)cc(CN=C(N)NC(C)C)cc1OC. The monoisotopic (exact) mass is 299 g/mol. The van der Waals surface area contributed by atoms with E-state index in [1.165, 1.54) is 0 Å². The van der Waals surface area contributed by atoms with Crippen molar-refractivity contribution in [2.75, 3.05) is 13.7 Å². The number of ether oxygens (including phenoxy) is 2. The van der Waals surface area contributed by atoms with Crippen molar-refractivity contribution in [2.24, 2.45) is 10.7 Å². The van der Waals surface area contributed by atoms with Crippen molar-refractivity contribution in [1.82, 2.24) is 5.32 Å². The van der Waals surface area contributed by atoms with Crippen LogP contribution in [0, 0.1) is 0 Å². The molecule has 0 spiro atoms. The molecule has 1 aromatic carbocycles. The van der Waals surface area contributed by atoms with Gasteiger partial charge in [-0.15, -0.1) is 0 Å². The van der Waals surface area contributed by atoms with E-state index in [1.807, 2.05) is 26.8 Å². The third-order valence-electron chi connectivity index (χ3n) is 2.45. The normalized spacial score (nSPS) is 11.6. The van der Waals surface area contributed by atoms with Crippen molar-refractivity contribution in [3.63, 3.8) is 0 Å². The lowest BCUT2D eigenvalue weighted by atomic mass is 10.2. The number of aliphatic imine (C=N–C) groups is 1. The lowest BCUT2D eigenvalue weighted by Gasteiger charge is -2.13. The first-order valence-electron chi connectivity index (χ1n) is 6.53. The minimum Gasteiger partial charge on any atom is -0.493 e. The molecule has 0 saturated heterocycles. The molecule has 0 fully saturated rings. The Morgan fingerprint density at radius 2 is 2.15 bits per heavy atom. The van der Waals surface area contributed by atoms with Gasteiger partial charge in [-0.25, -0.2) is 4.99 Å². The average molecular weight is 300 g/mol. The summed E-state index contributed by atoms with van der Waals surface area (Å²) in [5, 5.41) is 3.53. The van der Waals surface area contributed by atoms with Gasteiger partial charge in [-0.05, 0) is 38.5 Å². The zero-order valence-corrected chi connectivity index (χ0v) is 13.1. The summed E-state index contributed by atoms with van der Waals surface area (Å²) in [7, 11) is 1.58. The molecule has 1 aromatic rings. The number of benzene rings is 1. The second-order valence-electron chi connectivity index (χ2n) is 4.54. The van der Waals surface area contributed by atoms with Crippen molar-refractivity contribution in [2.45, 2.75) is 33.4 Å². The van der Waals surface area contributed by atoms with Crippen molar-refractivity contribution < 1.29 is 9.47 Å². The summed E-state index contributed by atoms with van der Waals surface area (Å²) in [4.78, 5) is 4.26. The number of hydrogen-bond acceptors (Lipinski definition) is 3. The van der Waals surface area contributed by atoms with E-state index in [-0.39, 0.29) is 6.04 Å². The molecule has 0 saturated carbocycles. The fourth-order valence-electron chi connectivity index (χ4n) is 1.67. The number of nitrogens with two attached hydrogens (primary N) is 1. The van der Waals surface area contributed by atoms with Crippen LogP contribution in [0.25, 0.3) is 0 Å². The second-order valence-corrected chi connectivity index (χ2v) is 4.95. The number of nitrogens with one attached hydrogen (secondary N) is 1. The molecule has 0 aliphatic rings. The Bertz CT molecular complexity index is 476. The van der Waals surface area contributed by atoms with Crippen LogP contribution in [0.2, 0.25) is 5.02 Å². The van der Waals surface area contributed by atoms with Crippen LogP contribution >= 0.6 is 11.6 Å². The summed E-state index contributed by atoms with van der Waals surface area (Å²) < 4.78 is 10.7. The van der Waals surface area contributed by atoms with Gasteiger partial charge in [0.2, 0.25) is 0 Å². The first kappa shape index (κ1) is 16.4. The van der Waals surface area contributed by atoms with Gasteiger partial charge in [-0.2, -0.15) is 0 Å². The summed E-state index contributed by atoms with van der Waals surface area (Å²) in [5.74, 6) is 1.56. The third-order valence-corrected chi connectivity index (χ3v) is 2.73. The number of rotatable bonds is 6. The van der Waals surface area contributed by atoms with Crippen LogP contribution in [-0.4, -0.2) is 25.7 Å². The van der Waals surface area contributed by atoms with Crippen LogP contribution in [0.4, 0.5) is 0 Å². The highest BCUT2D eigenvalue weighted by atomic mass is 35.5. The standard InChI is InChI=1S/C14H22ClN3O2/c1-5-20-13-11(15)6-10(7-12(13)19-4)8-17-14(16)18-9(2)3/h6-7,9H,5,8H2,1-4H3,(H3,16,17,18). The highest BCUT2D eigenvalue weighted by Crippen LogP contribution is 2.36. The van der Waals surface area contributed by atoms with E-state index in [1.54, 1.807) is 13.2 Å². The van der Waals surface area contributed by atoms with Gasteiger partial charge in [0.05, 0.1) is 25.3 Å². The van der Waals surface area contributed by atoms with E-state index in [0.717, 1.165) is 5.56 Å². The molecule has 6 heteroatoms. The summed E-state index contributed by atoms with van der Waals surface area (Å²) >= 11 is 6.19. The Kier molecular flexibility index (Phi) is 6.45. The van der Waals surface area contributed by atoms with E-state index in [9.17, 15) is 0 Å². The molecule has 0 bridgehead atoms. The molecular formula is C14H22ClN3O2. The van der Waals surface area contributed by atoms with E-state index in [0.29, 0.717) is 35.6 Å². The topological polar surface area (TPSA) is 68.9 Å². The van der Waals surface area contributed by atoms with Gasteiger partial charge in [0, 0.05) is 6.04 Å². The fourth-order valence-corrected chi connectivity index (χ4v) is 1.95. The highest BCUT2D eigenvalue weighted by Gasteiger charge is 2.11. The Morgan fingerprint density at radius 3 is 2.70 bits per heavy atom. The minimum atomic E-state index is 0.247. The van der Waals surface area contributed by atoms with Crippen molar-refractivity contribution >= 4 is 17.6 Å². The predicted molar refractivity (Wildman–Crippen MR) is 82.8 cm³/mol. The van der Waals surface area contributed by atoms with Crippen molar-refractivity contribution in [1.29, 1.82) is 0 Å². The summed E-state index contributed by atoms with van der Waals surface area (Å²) in [6.45, 7) is 6.84. The van der Waals surface area contributed by atoms with Crippen LogP contribution in [0.5, 0.6) is 11.5 Å². The van der Waals surface area contributed by atoms with Gasteiger partial charge in [0.1, 0.15) is 0 Å². The largest absolute Gasteiger partial charge is 0.493 e. The minimum absolute atomic E-state index is 0.247. The predicted octanol–water partition coefficient (Wildman–Crippen LogP) is 2.56. The summed E-state index contributed by atoms with van der Waals surface area (Å²) in [6, 6.07) is 3.90. The maximum Gasteiger partial charge on any atom is 0.189 e. The van der Waals surface area contributed by atoms with Gasteiger partial charge >= 0.3 is 0 Å². The summed E-state index contributed by atoms with van der Waals surface area (Å²) in [6.07, 6.45) is 0. The smallest absolute Gasteiger partial charge is 0.189 e. The van der Waals surface area contributed by atoms with Gasteiger partial charge < -0.3 is 20.5 Å².